The summed E-state index contributed by atoms with van der Waals surface area (Å²) in [5.74, 6) is 0.0843. The zero-order chi connectivity index (χ0) is 16.5. The zero-order valence-corrected chi connectivity index (χ0v) is 12.9. The molecule has 0 atom stereocenters. The fourth-order valence-corrected chi connectivity index (χ4v) is 1.47. The Hall–Kier alpha value is -2.83. The monoisotopic (exact) mass is 304 g/mol. The van der Waals surface area contributed by atoms with Crippen molar-refractivity contribution in [3.63, 3.8) is 0 Å². The topological polar surface area (TPSA) is 97.0 Å². The second-order valence-corrected chi connectivity index (χ2v) is 4.59. The first kappa shape index (κ1) is 17.2. The number of ether oxygens (including phenoxy) is 1. The molecule has 0 saturated heterocycles. The van der Waals surface area contributed by atoms with Crippen LogP contribution in [0.25, 0.3) is 0 Å². The minimum Gasteiger partial charge on any atom is -0.468 e. The third kappa shape index (κ3) is 6.08. The third-order valence-electron chi connectivity index (χ3n) is 2.55. The fourth-order valence-electron chi connectivity index (χ4n) is 1.47. The lowest BCUT2D eigenvalue weighted by atomic mass is 10.3. The van der Waals surface area contributed by atoms with Crippen LogP contribution < -0.4 is 16.1 Å². The van der Waals surface area contributed by atoms with E-state index in [1.54, 1.807) is 19.0 Å². The SMILES string of the molecule is CC(=O)COC(=N/N(C)c1ccccc1)/C(C)=C/NC(N)=O. The maximum absolute atomic E-state index is 11.1. The predicted octanol–water partition coefficient (Wildman–Crippen LogP) is 1.61. The number of nitrogens with zero attached hydrogens (tertiary/aromatic N) is 2. The van der Waals surface area contributed by atoms with Gasteiger partial charge in [-0.25, -0.2) is 4.79 Å². The van der Waals surface area contributed by atoms with Crippen molar-refractivity contribution in [2.24, 2.45) is 10.8 Å². The van der Waals surface area contributed by atoms with Crippen LogP contribution in [-0.4, -0.2) is 31.4 Å². The van der Waals surface area contributed by atoms with E-state index in [1.165, 1.54) is 13.1 Å². The molecule has 7 heteroatoms. The molecule has 2 amide bonds. The number of carbonyl (C=O) groups is 2. The third-order valence-corrected chi connectivity index (χ3v) is 2.55. The molecule has 1 rings (SSSR count). The van der Waals surface area contributed by atoms with Crippen LogP contribution in [0, 0.1) is 0 Å². The molecule has 0 fully saturated rings. The van der Waals surface area contributed by atoms with E-state index in [0.717, 1.165) is 5.69 Å². The molecular formula is C15H20N4O3. The molecule has 0 saturated carbocycles. The van der Waals surface area contributed by atoms with Crippen molar-refractivity contribution in [2.75, 3.05) is 18.7 Å². The average Bonchev–Trinajstić information content (AvgIpc) is 2.49. The summed E-state index contributed by atoms with van der Waals surface area (Å²) in [6.07, 6.45) is 1.38. The van der Waals surface area contributed by atoms with E-state index in [4.69, 9.17) is 10.5 Å². The maximum atomic E-state index is 11.1. The van der Waals surface area contributed by atoms with Crippen LogP contribution in [0.3, 0.4) is 0 Å². The molecule has 0 aliphatic rings. The first-order valence-corrected chi connectivity index (χ1v) is 6.63. The number of benzene rings is 1. The van der Waals surface area contributed by atoms with Crippen LogP contribution >= 0.6 is 0 Å². The van der Waals surface area contributed by atoms with E-state index in [1.807, 2.05) is 30.3 Å². The highest BCUT2D eigenvalue weighted by Gasteiger charge is 2.09. The number of hydrazone groups is 1. The van der Waals surface area contributed by atoms with E-state index in [2.05, 4.69) is 10.4 Å². The summed E-state index contributed by atoms with van der Waals surface area (Å²) in [6, 6.07) is 8.74. The highest BCUT2D eigenvalue weighted by atomic mass is 16.5. The minimum absolute atomic E-state index is 0.108. The van der Waals surface area contributed by atoms with E-state index < -0.39 is 6.03 Å². The number of ketones is 1. The number of urea groups is 1. The van der Waals surface area contributed by atoms with Crippen molar-refractivity contribution in [1.82, 2.24) is 5.32 Å². The first-order chi connectivity index (χ1) is 10.4. The summed E-state index contributed by atoms with van der Waals surface area (Å²) in [5.41, 5.74) is 6.40. The van der Waals surface area contributed by atoms with Gasteiger partial charge >= 0.3 is 6.03 Å². The number of rotatable bonds is 6. The lowest BCUT2D eigenvalue weighted by Gasteiger charge is -2.16. The largest absolute Gasteiger partial charge is 0.468 e. The normalized spacial score (nSPS) is 11.8. The van der Waals surface area contributed by atoms with Crippen molar-refractivity contribution in [1.29, 1.82) is 0 Å². The van der Waals surface area contributed by atoms with E-state index in [0.29, 0.717) is 5.57 Å². The Bertz CT molecular complexity index is 582. The highest BCUT2D eigenvalue weighted by molar-refractivity contribution is 5.95. The number of Topliss-reactive ketones (excluding diaryl/α,β-unsaturated/α-hetero) is 1. The zero-order valence-electron chi connectivity index (χ0n) is 12.9. The molecule has 0 heterocycles. The van der Waals surface area contributed by atoms with Gasteiger partial charge in [0.15, 0.2) is 5.78 Å². The summed E-state index contributed by atoms with van der Waals surface area (Å²) in [6.45, 7) is 3.00. The number of carbonyl (C=O) groups excluding carboxylic acids is 2. The second-order valence-electron chi connectivity index (χ2n) is 4.59. The maximum Gasteiger partial charge on any atom is 0.316 e. The lowest BCUT2D eigenvalue weighted by molar-refractivity contribution is -0.119. The van der Waals surface area contributed by atoms with Crippen LogP contribution in [0.5, 0.6) is 0 Å². The van der Waals surface area contributed by atoms with Crippen molar-refractivity contribution in [3.05, 3.63) is 42.1 Å². The molecule has 1 aromatic rings. The Labute approximate surface area is 129 Å². The smallest absolute Gasteiger partial charge is 0.316 e. The van der Waals surface area contributed by atoms with Crippen molar-refractivity contribution < 1.29 is 14.3 Å². The molecule has 0 aromatic heterocycles. The van der Waals surface area contributed by atoms with Crippen molar-refractivity contribution >= 4 is 23.4 Å². The Balaban J connectivity index is 2.97. The summed E-state index contributed by atoms with van der Waals surface area (Å²) >= 11 is 0. The number of hydrogen-bond acceptors (Lipinski definition) is 5. The summed E-state index contributed by atoms with van der Waals surface area (Å²) in [5, 5.41) is 8.26. The molecule has 22 heavy (non-hydrogen) atoms. The van der Waals surface area contributed by atoms with Gasteiger partial charge < -0.3 is 15.8 Å². The van der Waals surface area contributed by atoms with E-state index in [9.17, 15) is 9.59 Å². The van der Waals surface area contributed by atoms with Crippen molar-refractivity contribution in [3.8, 4) is 0 Å². The summed E-state index contributed by atoms with van der Waals surface area (Å²) in [7, 11) is 1.75. The molecule has 3 N–H and O–H groups in total. The van der Waals surface area contributed by atoms with Crippen LogP contribution in [-0.2, 0) is 9.53 Å². The standard InChI is InChI=1S/C15H20N4O3/c1-11(9-17-15(16)21)14(22-10-12(2)20)18-19(3)13-7-5-4-6-8-13/h4-9H,10H2,1-3H3,(H3,16,17,21)/b11-9+,18-14+. The van der Waals surface area contributed by atoms with Gasteiger partial charge in [0.05, 0.1) is 5.69 Å². The summed E-state index contributed by atoms with van der Waals surface area (Å²) < 4.78 is 5.39. The number of nitrogens with one attached hydrogen (secondary N) is 1. The van der Waals surface area contributed by atoms with Gasteiger partial charge in [0.25, 0.3) is 0 Å². The molecule has 7 nitrogen and oxygen atoms in total. The van der Waals surface area contributed by atoms with Gasteiger partial charge in [-0.15, -0.1) is 5.10 Å². The van der Waals surface area contributed by atoms with Gasteiger partial charge in [-0.3, -0.25) is 9.80 Å². The molecule has 0 bridgehead atoms. The Morgan fingerprint density at radius 3 is 2.50 bits per heavy atom. The highest BCUT2D eigenvalue weighted by Crippen LogP contribution is 2.12. The van der Waals surface area contributed by atoms with Gasteiger partial charge in [0.2, 0.25) is 5.90 Å². The Morgan fingerprint density at radius 1 is 1.32 bits per heavy atom. The second kappa shape index (κ2) is 8.46. The average molecular weight is 304 g/mol. The molecule has 1 aromatic carbocycles. The number of nitrogens with two attached hydrogens (primary N) is 1. The molecule has 0 unspecified atom stereocenters. The molecule has 118 valence electrons. The number of para-hydroxylation sites is 1. The van der Waals surface area contributed by atoms with E-state index in [-0.39, 0.29) is 18.3 Å². The first-order valence-electron chi connectivity index (χ1n) is 6.63. The van der Waals surface area contributed by atoms with Gasteiger partial charge in [0.1, 0.15) is 6.61 Å². The van der Waals surface area contributed by atoms with E-state index >= 15 is 0 Å². The predicted molar refractivity (Wildman–Crippen MR) is 85.4 cm³/mol. The summed E-state index contributed by atoms with van der Waals surface area (Å²) in [4.78, 5) is 21.8. The van der Waals surface area contributed by atoms with Crippen LogP contribution in [0.1, 0.15) is 13.8 Å². The van der Waals surface area contributed by atoms with Crippen molar-refractivity contribution in [2.45, 2.75) is 13.8 Å². The Morgan fingerprint density at radius 2 is 1.95 bits per heavy atom. The lowest BCUT2D eigenvalue weighted by Crippen LogP contribution is -2.26. The van der Waals surface area contributed by atoms with Crippen LogP contribution in [0.15, 0.2) is 47.2 Å². The number of amides is 2. The molecule has 0 spiro atoms. The Kier molecular flexibility index (Phi) is 6.62. The minimum atomic E-state index is -0.693. The number of primary amides is 1. The van der Waals surface area contributed by atoms with Gasteiger partial charge in [-0.05, 0) is 26.0 Å². The number of hydrogen-bond donors (Lipinski definition) is 2. The number of anilines is 1. The fraction of sp³-hybridized carbons (Fsp3) is 0.267. The van der Waals surface area contributed by atoms with Gasteiger partial charge in [-0.1, -0.05) is 18.2 Å². The van der Waals surface area contributed by atoms with Gasteiger partial charge in [-0.2, -0.15) is 0 Å². The molecule has 0 radical (unpaired) electrons. The molecular weight excluding hydrogens is 284 g/mol. The van der Waals surface area contributed by atoms with Crippen LogP contribution in [0.2, 0.25) is 0 Å². The molecule has 0 aliphatic heterocycles. The molecule has 0 aliphatic carbocycles. The van der Waals surface area contributed by atoms with Crippen LogP contribution in [0.4, 0.5) is 10.5 Å². The van der Waals surface area contributed by atoms with Gasteiger partial charge in [0, 0.05) is 18.8 Å². The quantitative estimate of drug-likeness (QED) is 0.474.